The molecule has 0 radical (unpaired) electrons. The summed E-state index contributed by atoms with van der Waals surface area (Å²) in [4.78, 5) is 20.4. The third-order valence-electron chi connectivity index (χ3n) is 4.99. The molecule has 3 heterocycles. The number of nitrogens with two attached hydrogens (primary N) is 1. The van der Waals surface area contributed by atoms with Gasteiger partial charge in [0.1, 0.15) is 5.69 Å². The predicted octanol–water partition coefficient (Wildman–Crippen LogP) is 3.53. The van der Waals surface area contributed by atoms with Crippen molar-refractivity contribution in [3.63, 3.8) is 0 Å². The van der Waals surface area contributed by atoms with Crippen molar-refractivity contribution in [3.8, 4) is 10.8 Å². The van der Waals surface area contributed by atoms with E-state index in [4.69, 9.17) is 10.2 Å². The van der Waals surface area contributed by atoms with Crippen LogP contribution in [0, 0.1) is 12.8 Å². The molecule has 0 unspecified atom stereocenters. The molecular weight excluding hydrogens is 346 g/mol. The first kappa shape index (κ1) is 17.0. The van der Waals surface area contributed by atoms with Gasteiger partial charge in [0.05, 0.1) is 6.26 Å². The largest absolute Gasteiger partial charge is 0.462 e. The Morgan fingerprint density at radius 2 is 2.08 bits per heavy atom. The highest BCUT2D eigenvalue weighted by atomic mass is 32.1. The van der Waals surface area contributed by atoms with Gasteiger partial charge in [0, 0.05) is 23.9 Å². The molecule has 26 heavy (non-hydrogen) atoms. The number of aryl methyl sites for hydroxylation is 1. The maximum absolute atomic E-state index is 13.1. The van der Waals surface area contributed by atoms with Gasteiger partial charge in [0.25, 0.3) is 5.91 Å². The Morgan fingerprint density at radius 1 is 1.27 bits per heavy atom. The number of carbonyl (C=O) groups excluding carboxylic acids is 1. The van der Waals surface area contributed by atoms with E-state index in [2.05, 4.69) is 17.1 Å². The predicted molar refractivity (Wildman–Crippen MR) is 102 cm³/mol. The number of nitrogens with zero attached hydrogens (tertiary/aromatic N) is 2. The van der Waals surface area contributed by atoms with Crippen LogP contribution in [0.25, 0.3) is 10.8 Å². The van der Waals surface area contributed by atoms with Crippen LogP contribution in [-0.4, -0.2) is 35.4 Å². The molecule has 0 aliphatic carbocycles. The lowest BCUT2D eigenvalue weighted by Gasteiger charge is -2.16. The molecule has 1 aliphatic heterocycles. The highest BCUT2D eigenvalue weighted by Gasteiger charge is 2.36. The molecule has 1 aromatic carbocycles. The van der Waals surface area contributed by atoms with Gasteiger partial charge in [0.2, 0.25) is 0 Å². The van der Waals surface area contributed by atoms with Crippen molar-refractivity contribution < 1.29 is 9.21 Å². The van der Waals surface area contributed by atoms with E-state index in [0.717, 1.165) is 9.88 Å². The van der Waals surface area contributed by atoms with E-state index in [-0.39, 0.29) is 17.7 Å². The molecule has 134 valence electrons. The van der Waals surface area contributed by atoms with Gasteiger partial charge in [-0.25, -0.2) is 4.98 Å². The van der Waals surface area contributed by atoms with Crippen LogP contribution in [0.3, 0.4) is 0 Å². The average molecular weight is 367 g/mol. The molecule has 3 aromatic rings. The fraction of sp³-hybridized carbons (Fsp3) is 0.300. The normalized spacial score (nSPS) is 19.8. The highest BCUT2D eigenvalue weighted by molar-refractivity contribution is 7.15. The van der Waals surface area contributed by atoms with Crippen LogP contribution in [0.5, 0.6) is 0 Å². The zero-order chi connectivity index (χ0) is 18.1. The number of likely N-dealkylation sites (tertiary alicyclic amines) is 1. The zero-order valence-corrected chi connectivity index (χ0v) is 15.4. The van der Waals surface area contributed by atoms with Crippen molar-refractivity contribution in [2.24, 2.45) is 11.7 Å². The summed E-state index contributed by atoms with van der Waals surface area (Å²) in [6.07, 6.45) is 1.62. The first-order valence-corrected chi connectivity index (χ1v) is 9.54. The monoisotopic (exact) mass is 367 g/mol. The molecule has 4 rings (SSSR count). The second-order valence-electron chi connectivity index (χ2n) is 6.62. The van der Waals surface area contributed by atoms with Gasteiger partial charge in [-0.05, 0) is 37.1 Å². The third kappa shape index (κ3) is 3.06. The van der Waals surface area contributed by atoms with Crippen LogP contribution in [0.4, 0.5) is 0 Å². The summed E-state index contributed by atoms with van der Waals surface area (Å²) in [5.74, 6) is 1.22. The smallest absolute Gasteiger partial charge is 0.273 e. The number of thiazole rings is 1. The molecule has 5 nitrogen and oxygen atoms in total. The van der Waals surface area contributed by atoms with Crippen LogP contribution in [-0.2, 0) is 0 Å². The van der Waals surface area contributed by atoms with E-state index in [9.17, 15) is 4.79 Å². The summed E-state index contributed by atoms with van der Waals surface area (Å²) >= 11 is 1.49. The third-order valence-corrected chi connectivity index (χ3v) is 5.98. The maximum Gasteiger partial charge on any atom is 0.273 e. The molecule has 2 atom stereocenters. The first-order valence-electron chi connectivity index (χ1n) is 8.73. The molecule has 0 saturated carbocycles. The number of aromatic nitrogens is 1. The van der Waals surface area contributed by atoms with Crippen molar-refractivity contribution in [1.82, 2.24) is 9.88 Å². The highest BCUT2D eigenvalue weighted by Crippen LogP contribution is 2.34. The van der Waals surface area contributed by atoms with Gasteiger partial charge in [-0.1, -0.05) is 30.3 Å². The minimum atomic E-state index is -0.0200. The van der Waals surface area contributed by atoms with E-state index in [0.29, 0.717) is 31.1 Å². The molecule has 1 fully saturated rings. The summed E-state index contributed by atoms with van der Waals surface area (Å²) < 4.78 is 5.41. The summed E-state index contributed by atoms with van der Waals surface area (Å²) in [5.41, 5.74) is 7.76. The van der Waals surface area contributed by atoms with E-state index >= 15 is 0 Å². The second kappa shape index (κ2) is 7.05. The van der Waals surface area contributed by atoms with Gasteiger partial charge in [0.15, 0.2) is 10.8 Å². The molecule has 1 saturated heterocycles. The number of hydrogen-bond donors (Lipinski definition) is 1. The Kier molecular flexibility index (Phi) is 4.61. The molecule has 2 N–H and O–H groups in total. The number of rotatable bonds is 4. The van der Waals surface area contributed by atoms with Crippen LogP contribution in [0.1, 0.15) is 26.8 Å². The number of carbonyl (C=O) groups is 1. The Morgan fingerprint density at radius 3 is 2.77 bits per heavy atom. The molecule has 1 aliphatic rings. The van der Waals surface area contributed by atoms with Gasteiger partial charge < -0.3 is 15.1 Å². The molecular formula is C20H21N3O2S. The van der Waals surface area contributed by atoms with E-state index < -0.39 is 0 Å². The van der Waals surface area contributed by atoms with Crippen LogP contribution in [0.2, 0.25) is 0 Å². The summed E-state index contributed by atoms with van der Waals surface area (Å²) in [7, 11) is 0. The van der Waals surface area contributed by atoms with Gasteiger partial charge >= 0.3 is 0 Å². The summed E-state index contributed by atoms with van der Waals surface area (Å²) in [6.45, 7) is 3.85. The quantitative estimate of drug-likeness (QED) is 0.766. The summed E-state index contributed by atoms with van der Waals surface area (Å²) in [6, 6.07) is 14.0. The molecule has 2 aromatic heterocycles. The number of benzene rings is 1. The lowest BCUT2D eigenvalue weighted by molar-refractivity contribution is 0.0781. The lowest BCUT2D eigenvalue weighted by atomic mass is 9.89. The second-order valence-corrected chi connectivity index (χ2v) is 7.83. The standard InChI is InChI=1S/C20H21N3O2S/c1-13-18(22-19(26-13)17-8-5-9-25-17)20(24)23-11-15(10-21)16(12-23)14-6-3-2-4-7-14/h2-9,15-16H,10-12,21H2,1H3/t15-,16+/m1/s1. The Bertz CT molecular complexity index is 889. The Hall–Kier alpha value is -2.44. The topological polar surface area (TPSA) is 72.4 Å². The van der Waals surface area contributed by atoms with Crippen molar-refractivity contribution in [1.29, 1.82) is 0 Å². The Balaban J connectivity index is 1.57. The Labute approximate surface area is 156 Å². The summed E-state index contributed by atoms with van der Waals surface area (Å²) in [5, 5.41) is 0.741. The number of amides is 1. The van der Waals surface area contributed by atoms with E-state index in [1.54, 1.807) is 6.26 Å². The van der Waals surface area contributed by atoms with Crippen LogP contribution < -0.4 is 5.73 Å². The van der Waals surface area contributed by atoms with Crippen LogP contribution in [0.15, 0.2) is 53.1 Å². The molecule has 0 bridgehead atoms. The van der Waals surface area contributed by atoms with Gasteiger partial charge in [-0.3, -0.25) is 4.79 Å². The minimum absolute atomic E-state index is 0.0200. The fourth-order valence-corrected chi connectivity index (χ4v) is 4.48. The first-order chi connectivity index (χ1) is 12.7. The zero-order valence-electron chi connectivity index (χ0n) is 14.6. The van der Waals surface area contributed by atoms with E-state index in [1.165, 1.54) is 16.9 Å². The minimum Gasteiger partial charge on any atom is -0.462 e. The van der Waals surface area contributed by atoms with Crippen molar-refractivity contribution in [2.75, 3.05) is 19.6 Å². The van der Waals surface area contributed by atoms with Crippen molar-refractivity contribution in [2.45, 2.75) is 12.8 Å². The average Bonchev–Trinajstić information content (AvgIpc) is 3.40. The maximum atomic E-state index is 13.1. The van der Waals surface area contributed by atoms with Crippen molar-refractivity contribution in [3.05, 3.63) is 64.9 Å². The lowest BCUT2D eigenvalue weighted by Crippen LogP contribution is -2.30. The number of hydrogen-bond acceptors (Lipinski definition) is 5. The fourth-order valence-electron chi connectivity index (χ4n) is 3.60. The van der Waals surface area contributed by atoms with E-state index in [1.807, 2.05) is 42.2 Å². The number of furan rings is 1. The SMILES string of the molecule is Cc1sc(-c2ccco2)nc1C(=O)N1C[C@@H](CN)[C@H](c2ccccc2)C1. The van der Waals surface area contributed by atoms with Crippen molar-refractivity contribution >= 4 is 17.2 Å². The van der Waals surface area contributed by atoms with Gasteiger partial charge in [-0.15, -0.1) is 11.3 Å². The molecule has 0 spiro atoms. The van der Waals surface area contributed by atoms with Crippen LogP contribution >= 0.6 is 11.3 Å². The molecule has 6 heteroatoms. The van der Waals surface area contributed by atoms with Gasteiger partial charge in [-0.2, -0.15) is 0 Å². The molecule has 1 amide bonds.